The lowest BCUT2D eigenvalue weighted by atomic mass is 10.1. The molecule has 1 fully saturated rings. The molecule has 1 N–H and O–H groups in total. The van der Waals surface area contributed by atoms with E-state index in [0.29, 0.717) is 40.4 Å². The fraction of sp³-hybridized carbons (Fsp3) is 0.103. The van der Waals surface area contributed by atoms with Gasteiger partial charge in [0.15, 0.2) is 11.5 Å². The Bertz CT molecular complexity index is 1480. The number of hydrogen-bond acceptors (Lipinski definition) is 4. The first-order valence-electron chi connectivity index (χ1n) is 11.5. The summed E-state index contributed by atoms with van der Waals surface area (Å²) in [6.07, 6.45) is 1.56. The van der Waals surface area contributed by atoms with Gasteiger partial charge in [-0.15, -0.1) is 0 Å². The molecule has 6 nitrogen and oxygen atoms in total. The summed E-state index contributed by atoms with van der Waals surface area (Å²) in [6.45, 7) is 2.67. The highest BCUT2D eigenvalue weighted by molar-refractivity contribution is 9.10. The van der Waals surface area contributed by atoms with Crippen LogP contribution in [0.15, 0.2) is 95.0 Å². The standard InChI is InChI=1S/C29H23BrN2O4/c1-2-35-26-17-19(15-24-28(33)31-32(29(24)34)22-12-4-3-5-13-22)16-25(30)27(26)36-18-21-11-8-10-20-9-6-7-14-23(20)21/h3-17H,2,18H2,1H3,(H,31,33)/b24-15-. The summed E-state index contributed by atoms with van der Waals surface area (Å²) in [5.74, 6) is 0.190. The van der Waals surface area contributed by atoms with Gasteiger partial charge >= 0.3 is 0 Å². The Hall–Kier alpha value is -4.10. The average molecular weight is 543 g/mol. The van der Waals surface area contributed by atoms with E-state index in [1.54, 1.807) is 42.5 Å². The minimum atomic E-state index is -0.464. The van der Waals surface area contributed by atoms with Crippen LogP contribution >= 0.6 is 15.9 Å². The van der Waals surface area contributed by atoms with Gasteiger partial charge in [-0.25, -0.2) is 5.01 Å². The van der Waals surface area contributed by atoms with Gasteiger partial charge in [0.2, 0.25) is 0 Å². The van der Waals surface area contributed by atoms with Crippen LogP contribution in [0.5, 0.6) is 11.5 Å². The molecule has 1 aliphatic heterocycles. The lowest BCUT2D eigenvalue weighted by molar-refractivity contribution is -0.117. The lowest BCUT2D eigenvalue weighted by Gasteiger charge is -2.16. The number of hydrogen-bond donors (Lipinski definition) is 1. The van der Waals surface area contributed by atoms with Gasteiger partial charge < -0.3 is 9.47 Å². The molecule has 36 heavy (non-hydrogen) atoms. The van der Waals surface area contributed by atoms with Gasteiger partial charge in [-0.3, -0.25) is 15.0 Å². The zero-order chi connectivity index (χ0) is 25.1. The van der Waals surface area contributed by atoms with Crippen LogP contribution < -0.4 is 19.9 Å². The zero-order valence-electron chi connectivity index (χ0n) is 19.5. The molecule has 0 radical (unpaired) electrons. The summed E-state index contributed by atoms with van der Waals surface area (Å²) < 4.78 is 12.7. The van der Waals surface area contributed by atoms with Crippen molar-refractivity contribution in [3.63, 3.8) is 0 Å². The van der Waals surface area contributed by atoms with Crippen molar-refractivity contribution < 1.29 is 19.1 Å². The van der Waals surface area contributed by atoms with E-state index in [1.807, 2.05) is 37.3 Å². The number of ether oxygens (including phenoxy) is 2. The second-order valence-corrected chi connectivity index (χ2v) is 9.02. The molecular weight excluding hydrogens is 520 g/mol. The number of carbonyl (C=O) groups excluding carboxylic acids is 2. The molecule has 0 aliphatic carbocycles. The van der Waals surface area contributed by atoms with E-state index in [4.69, 9.17) is 9.47 Å². The molecule has 4 aromatic rings. The average Bonchev–Trinajstić information content (AvgIpc) is 3.17. The molecule has 180 valence electrons. The first-order valence-corrected chi connectivity index (χ1v) is 12.3. The molecule has 1 heterocycles. The third kappa shape index (κ3) is 4.70. The van der Waals surface area contributed by atoms with E-state index in [1.165, 1.54) is 5.01 Å². The van der Waals surface area contributed by atoms with Gasteiger partial charge in [0.05, 0.1) is 16.8 Å². The van der Waals surface area contributed by atoms with Crippen LogP contribution in [-0.4, -0.2) is 18.4 Å². The summed E-state index contributed by atoms with van der Waals surface area (Å²) >= 11 is 3.59. The lowest BCUT2D eigenvalue weighted by Crippen LogP contribution is -2.35. The summed E-state index contributed by atoms with van der Waals surface area (Å²) in [7, 11) is 0. The van der Waals surface area contributed by atoms with Gasteiger partial charge in [-0.2, -0.15) is 0 Å². The molecule has 4 aromatic carbocycles. The third-order valence-corrected chi connectivity index (χ3v) is 6.39. The Morgan fingerprint density at radius 2 is 1.67 bits per heavy atom. The van der Waals surface area contributed by atoms with Crippen LogP contribution in [0.25, 0.3) is 16.8 Å². The number of hydrazine groups is 1. The highest BCUT2D eigenvalue weighted by atomic mass is 79.9. The Labute approximate surface area is 217 Å². The number of fused-ring (bicyclic) bond motifs is 1. The molecule has 0 unspecified atom stereocenters. The topological polar surface area (TPSA) is 67.9 Å². The maximum Gasteiger partial charge on any atom is 0.282 e. The minimum absolute atomic E-state index is 0.0395. The molecular formula is C29H23BrN2O4. The van der Waals surface area contributed by atoms with E-state index in [0.717, 1.165) is 16.3 Å². The van der Waals surface area contributed by atoms with Gasteiger partial charge in [-0.1, -0.05) is 60.7 Å². The summed E-state index contributed by atoms with van der Waals surface area (Å²) in [6, 6.07) is 26.8. The van der Waals surface area contributed by atoms with Crippen molar-refractivity contribution in [3.8, 4) is 11.5 Å². The molecule has 0 saturated carbocycles. The number of anilines is 1. The number of amides is 2. The van der Waals surface area contributed by atoms with Gasteiger partial charge in [0, 0.05) is 0 Å². The van der Waals surface area contributed by atoms with Crippen LogP contribution in [0.2, 0.25) is 0 Å². The summed E-state index contributed by atoms with van der Waals surface area (Å²) in [5.41, 5.74) is 4.94. The quantitative estimate of drug-likeness (QED) is 0.228. The number of benzene rings is 4. The second-order valence-electron chi connectivity index (χ2n) is 8.16. The van der Waals surface area contributed by atoms with Crippen molar-refractivity contribution in [2.75, 3.05) is 11.6 Å². The molecule has 1 aliphatic rings. The predicted molar refractivity (Wildman–Crippen MR) is 144 cm³/mol. The van der Waals surface area contributed by atoms with E-state index < -0.39 is 11.8 Å². The molecule has 0 spiro atoms. The van der Waals surface area contributed by atoms with E-state index in [-0.39, 0.29) is 5.57 Å². The molecule has 0 atom stereocenters. The van der Waals surface area contributed by atoms with Crippen LogP contribution in [0.3, 0.4) is 0 Å². The predicted octanol–water partition coefficient (Wildman–Crippen LogP) is 6.04. The summed E-state index contributed by atoms with van der Waals surface area (Å²) in [4.78, 5) is 25.5. The highest BCUT2D eigenvalue weighted by Crippen LogP contribution is 2.38. The normalized spacial score (nSPS) is 14.4. The van der Waals surface area contributed by atoms with Crippen LogP contribution in [-0.2, 0) is 16.2 Å². The van der Waals surface area contributed by atoms with Crippen LogP contribution in [0, 0.1) is 0 Å². The number of para-hydroxylation sites is 1. The molecule has 2 amide bonds. The first-order chi connectivity index (χ1) is 17.5. The second kappa shape index (κ2) is 10.3. The monoisotopic (exact) mass is 542 g/mol. The van der Waals surface area contributed by atoms with Crippen molar-refractivity contribution in [2.24, 2.45) is 0 Å². The Morgan fingerprint density at radius 3 is 2.47 bits per heavy atom. The first kappa shape index (κ1) is 23.6. The van der Waals surface area contributed by atoms with Crippen LogP contribution in [0.4, 0.5) is 5.69 Å². The van der Waals surface area contributed by atoms with Crippen molar-refractivity contribution in [1.29, 1.82) is 0 Å². The van der Waals surface area contributed by atoms with Crippen LogP contribution in [0.1, 0.15) is 18.1 Å². The van der Waals surface area contributed by atoms with Crippen molar-refractivity contribution in [2.45, 2.75) is 13.5 Å². The minimum Gasteiger partial charge on any atom is -0.490 e. The third-order valence-electron chi connectivity index (χ3n) is 5.80. The SMILES string of the molecule is CCOc1cc(/C=C2/C(=O)NN(c3ccccc3)C2=O)cc(Br)c1OCc1cccc2ccccc12. The van der Waals surface area contributed by atoms with Gasteiger partial charge in [-0.05, 0) is 75.1 Å². The number of nitrogens with zero attached hydrogens (tertiary/aromatic N) is 1. The maximum absolute atomic E-state index is 13.0. The van der Waals surface area contributed by atoms with E-state index in [9.17, 15) is 9.59 Å². The van der Waals surface area contributed by atoms with E-state index in [2.05, 4.69) is 39.6 Å². The highest BCUT2D eigenvalue weighted by Gasteiger charge is 2.34. The molecule has 0 bridgehead atoms. The van der Waals surface area contributed by atoms with Crippen molar-refractivity contribution in [3.05, 3.63) is 106 Å². The molecule has 0 aromatic heterocycles. The smallest absolute Gasteiger partial charge is 0.282 e. The molecule has 7 heteroatoms. The van der Waals surface area contributed by atoms with Crippen molar-refractivity contribution in [1.82, 2.24) is 5.43 Å². The molecule has 5 rings (SSSR count). The number of halogens is 1. The Balaban J connectivity index is 1.43. The van der Waals surface area contributed by atoms with Gasteiger partial charge in [0.25, 0.3) is 11.8 Å². The summed E-state index contributed by atoms with van der Waals surface area (Å²) in [5, 5.41) is 3.52. The zero-order valence-corrected chi connectivity index (χ0v) is 21.1. The maximum atomic E-state index is 13.0. The fourth-order valence-electron chi connectivity index (χ4n) is 4.13. The fourth-order valence-corrected chi connectivity index (χ4v) is 4.70. The Morgan fingerprint density at radius 1 is 0.917 bits per heavy atom. The van der Waals surface area contributed by atoms with Crippen molar-refractivity contribution >= 4 is 50.3 Å². The van der Waals surface area contributed by atoms with E-state index >= 15 is 0 Å². The number of nitrogens with one attached hydrogen (secondary N) is 1. The number of carbonyl (C=O) groups is 2. The number of rotatable bonds is 7. The largest absolute Gasteiger partial charge is 0.490 e. The Kier molecular flexibility index (Phi) is 6.73. The molecule has 1 saturated heterocycles. The van der Waals surface area contributed by atoms with Gasteiger partial charge in [0.1, 0.15) is 12.2 Å².